The highest BCUT2D eigenvalue weighted by atomic mass is 16.6. The maximum atomic E-state index is 12.4. The van der Waals surface area contributed by atoms with E-state index in [1.807, 2.05) is 6.92 Å². The number of Topliss-reactive ketones (excluding diaryl/α,β-unsaturated/α-hetero) is 1. The molecule has 1 aliphatic rings. The van der Waals surface area contributed by atoms with Crippen molar-refractivity contribution in [2.45, 2.75) is 6.92 Å². The third kappa shape index (κ3) is 3.85. The van der Waals surface area contributed by atoms with Gasteiger partial charge in [0, 0.05) is 6.07 Å². The minimum atomic E-state index is -0.453. The molecule has 3 rings (SSSR count). The number of hydrogen-bond donors (Lipinski definition) is 0. The summed E-state index contributed by atoms with van der Waals surface area (Å²) in [6, 6.07) is 12.1. The van der Waals surface area contributed by atoms with Crippen LogP contribution in [0.15, 0.2) is 48.2 Å². The number of benzene rings is 2. The Hall–Kier alpha value is -3.28. The fourth-order valence-corrected chi connectivity index (χ4v) is 2.44. The summed E-state index contributed by atoms with van der Waals surface area (Å²) in [5.41, 5.74) is 1.29. The minimum absolute atomic E-state index is 0.157. The van der Waals surface area contributed by atoms with Gasteiger partial charge in [0.1, 0.15) is 17.2 Å². The van der Waals surface area contributed by atoms with Crippen molar-refractivity contribution in [2.24, 2.45) is 0 Å². The van der Waals surface area contributed by atoms with Crippen LogP contribution in [0.3, 0.4) is 0 Å². The fraction of sp³-hybridized carbons (Fsp3) is 0.200. The van der Waals surface area contributed by atoms with E-state index in [1.165, 1.54) is 7.11 Å². The van der Waals surface area contributed by atoms with Gasteiger partial charge >= 0.3 is 5.97 Å². The Kier molecular flexibility index (Phi) is 5.22. The monoisotopic (exact) mass is 354 g/mol. The van der Waals surface area contributed by atoms with E-state index < -0.39 is 5.97 Å². The molecule has 2 aromatic carbocycles. The first-order valence-electron chi connectivity index (χ1n) is 8.11. The van der Waals surface area contributed by atoms with Gasteiger partial charge in [-0.3, -0.25) is 4.79 Å². The lowest BCUT2D eigenvalue weighted by molar-refractivity contribution is -0.142. The van der Waals surface area contributed by atoms with Crippen LogP contribution in [0.1, 0.15) is 22.8 Å². The summed E-state index contributed by atoms with van der Waals surface area (Å²) in [5, 5.41) is 0. The average molecular weight is 354 g/mol. The standard InChI is InChI=1S/C20H18O6/c1-3-24-15-8-9-16-17(11-15)26-18(20(16)22)10-13-4-6-14(7-5-13)25-12-19(21)23-2/h4-11H,3,12H2,1-2H3/b18-10-. The maximum absolute atomic E-state index is 12.4. The minimum Gasteiger partial charge on any atom is -0.494 e. The summed E-state index contributed by atoms with van der Waals surface area (Å²) in [6.45, 7) is 2.28. The van der Waals surface area contributed by atoms with Crippen LogP contribution in [0, 0.1) is 0 Å². The molecular formula is C20H18O6. The SMILES string of the molecule is CCOc1ccc2c(c1)O/C(=C\c1ccc(OCC(=O)OC)cc1)C2=O. The number of hydrogen-bond acceptors (Lipinski definition) is 6. The largest absolute Gasteiger partial charge is 0.494 e. The molecule has 0 aromatic heterocycles. The number of carbonyl (C=O) groups excluding carboxylic acids is 2. The molecule has 0 aliphatic carbocycles. The van der Waals surface area contributed by atoms with Crippen LogP contribution in [0.4, 0.5) is 0 Å². The maximum Gasteiger partial charge on any atom is 0.343 e. The van der Waals surface area contributed by atoms with Crippen molar-refractivity contribution in [1.82, 2.24) is 0 Å². The molecular weight excluding hydrogens is 336 g/mol. The van der Waals surface area contributed by atoms with Gasteiger partial charge in [-0.25, -0.2) is 4.79 Å². The van der Waals surface area contributed by atoms with Crippen LogP contribution in [-0.4, -0.2) is 32.1 Å². The molecule has 0 spiro atoms. The topological polar surface area (TPSA) is 71.1 Å². The summed E-state index contributed by atoms with van der Waals surface area (Å²) in [7, 11) is 1.30. The van der Waals surface area contributed by atoms with Gasteiger partial charge in [-0.05, 0) is 42.8 Å². The van der Waals surface area contributed by atoms with Crippen LogP contribution in [0.2, 0.25) is 0 Å². The quantitative estimate of drug-likeness (QED) is 0.586. The second-order valence-corrected chi connectivity index (χ2v) is 5.46. The van der Waals surface area contributed by atoms with Crippen LogP contribution in [0.5, 0.6) is 17.2 Å². The van der Waals surface area contributed by atoms with Crippen molar-refractivity contribution in [2.75, 3.05) is 20.3 Å². The molecule has 134 valence electrons. The normalized spacial score (nSPS) is 13.9. The van der Waals surface area contributed by atoms with Crippen LogP contribution in [0.25, 0.3) is 6.08 Å². The Balaban J connectivity index is 1.72. The predicted octanol–water partition coefficient (Wildman–Crippen LogP) is 3.25. The molecule has 2 aromatic rings. The summed E-state index contributed by atoms with van der Waals surface area (Å²) in [4.78, 5) is 23.5. The lowest BCUT2D eigenvalue weighted by Gasteiger charge is -2.05. The highest BCUT2D eigenvalue weighted by molar-refractivity contribution is 6.14. The number of esters is 1. The summed E-state index contributed by atoms with van der Waals surface area (Å²) >= 11 is 0. The number of ketones is 1. The second kappa shape index (κ2) is 7.74. The Morgan fingerprint density at radius 3 is 2.50 bits per heavy atom. The molecule has 1 aliphatic heterocycles. The first kappa shape index (κ1) is 17.5. The Labute approximate surface area is 150 Å². The van der Waals surface area contributed by atoms with Gasteiger partial charge in [-0.2, -0.15) is 0 Å². The molecule has 0 bridgehead atoms. The first-order valence-corrected chi connectivity index (χ1v) is 8.11. The van der Waals surface area contributed by atoms with E-state index in [9.17, 15) is 9.59 Å². The average Bonchev–Trinajstić information content (AvgIpc) is 2.96. The Morgan fingerprint density at radius 1 is 1.08 bits per heavy atom. The molecule has 0 amide bonds. The van der Waals surface area contributed by atoms with E-state index in [-0.39, 0.29) is 18.1 Å². The predicted molar refractivity (Wildman–Crippen MR) is 94.5 cm³/mol. The number of ether oxygens (including phenoxy) is 4. The molecule has 0 unspecified atom stereocenters. The second-order valence-electron chi connectivity index (χ2n) is 5.46. The molecule has 6 heteroatoms. The van der Waals surface area contributed by atoms with E-state index in [0.29, 0.717) is 29.4 Å². The molecule has 0 fully saturated rings. The summed E-state index contributed by atoms with van der Waals surface area (Å²) < 4.78 is 20.9. The van der Waals surface area contributed by atoms with E-state index >= 15 is 0 Å². The number of fused-ring (bicyclic) bond motifs is 1. The number of rotatable bonds is 6. The zero-order valence-corrected chi connectivity index (χ0v) is 14.5. The molecule has 0 saturated carbocycles. The molecule has 26 heavy (non-hydrogen) atoms. The smallest absolute Gasteiger partial charge is 0.343 e. The van der Waals surface area contributed by atoms with Crippen LogP contribution >= 0.6 is 0 Å². The van der Waals surface area contributed by atoms with Gasteiger partial charge in [0.05, 0.1) is 19.3 Å². The zero-order valence-electron chi connectivity index (χ0n) is 14.5. The Morgan fingerprint density at radius 2 is 1.81 bits per heavy atom. The fourth-order valence-electron chi connectivity index (χ4n) is 2.44. The molecule has 1 heterocycles. The van der Waals surface area contributed by atoms with Gasteiger partial charge in [0.2, 0.25) is 5.78 Å². The third-order valence-electron chi connectivity index (χ3n) is 3.71. The number of allylic oxidation sites excluding steroid dienone is 1. The third-order valence-corrected chi connectivity index (χ3v) is 3.71. The van der Waals surface area contributed by atoms with Gasteiger partial charge in [-0.15, -0.1) is 0 Å². The lowest BCUT2D eigenvalue weighted by atomic mass is 10.1. The van der Waals surface area contributed by atoms with Crippen molar-refractivity contribution in [3.05, 3.63) is 59.4 Å². The van der Waals surface area contributed by atoms with Crippen molar-refractivity contribution < 1.29 is 28.5 Å². The highest BCUT2D eigenvalue weighted by Crippen LogP contribution is 2.35. The molecule has 0 atom stereocenters. The van der Waals surface area contributed by atoms with E-state index in [4.69, 9.17) is 14.2 Å². The zero-order chi connectivity index (χ0) is 18.5. The Bertz CT molecular complexity index is 851. The summed E-state index contributed by atoms with van der Waals surface area (Å²) in [6.07, 6.45) is 1.66. The van der Waals surface area contributed by atoms with E-state index in [1.54, 1.807) is 48.5 Å². The van der Waals surface area contributed by atoms with Gasteiger partial charge in [0.25, 0.3) is 0 Å². The highest BCUT2D eigenvalue weighted by Gasteiger charge is 2.27. The van der Waals surface area contributed by atoms with Gasteiger partial charge in [0.15, 0.2) is 12.4 Å². The van der Waals surface area contributed by atoms with Crippen molar-refractivity contribution >= 4 is 17.8 Å². The van der Waals surface area contributed by atoms with E-state index in [0.717, 1.165) is 5.56 Å². The first-order chi connectivity index (χ1) is 12.6. The van der Waals surface area contributed by atoms with Crippen LogP contribution < -0.4 is 14.2 Å². The lowest BCUT2D eigenvalue weighted by Crippen LogP contribution is -2.12. The molecule has 0 N–H and O–H groups in total. The van der Waals surface area contributed by atoms with Crippen molar-refractivity contribution in [1.29, 1.82) is 0 Å². The molecule has 6 nitrogen and oxygen atoms in total. The molecule has 0 radical (unpaired) electrons. The number of methoxy groups -OCH3 is 1. The molecule has 0 saturated heterocycles. The summed E-state index contributed by atoms with van der Waals surface area (Å²) in [5.74, 6) is 1.30. The number of carbonyl (C=O) groups is 2. The van der Waals surface area contributed by atoms with Gasteiger partial charge in [-0.1, -0.05) is 12.1 Å². The van der Waals surface area contributed by atoms with Crippen molar-refractivity contribution in [3.63, 3.8) is 0 Å². The van der Waals surface area contributed by atoms with Crippen LogP contribution in [-0.2, 0) is 9.53 Å². The van der Waals surface area contributed by atoms with E-state index in [2.05, 4.69) is 4.74 Å². The van der Waals surface area contributed by atoms with Gasteiger partial charge < -0.3 is 18.9 Å². The van der Waals surface area contributed by atoms with Crippen molar-refractivity contribution in [3.8, 4) is 17.2 Å².